The van der Waals surface area contributed by atoms with E-state index in [9.17, 15) is 9.59 Å². The van der Waals surface area contributed by atoms with E-state index in [2.05, 4.69) is 29.8 Å². The number of hydrogen-bond donors (Lipinski definition) is 3. The van der Waals surface area contributed by atoms with Crippen molar-refractivity contribution in [2.24, 2.45) is 11.8 Å². The van der Waals surface area contributed by atoms with Crippen molar-refractivity contribution in [2.75, 3.05) is 12.4 Å². The number of rotatable bonds is 5. The van der Waals surface area contributed by atoms with Gasteiger partial charge in [-0.05, 0) is 43.4 Å². The van der Waals surface area contributed by atoms with E-state index < -0.39 is 0 Å². The molecule has 2 rings (SSSR count). The van der Waals surface area contributed by atoms with Crippen molar-refractivity contribution in [2.45, 2.75) is 52.1 Å². The molecule has 1 aliphatic rings. The Morgan fingerprint density at radius 3 is 2.67 bits per heavy atom. The molecule has 5 heteroatoms. The van der Waals surface area contributed by atoms with Crippen molar-refractivity contribution in [3.05, 3.63) is 29.8 Å². The van der Waals surface area contributed by atoms with Crippen LogP contribution >= 0.6 is 0 Å². The van der Waals surface area contributed by atoms with Gasteiger partial charge in [-0.1, -0.05) is 32.8 Å². The lowest BCUT2D eigenvalue weighted by molar-refractivity contribution is -0.118. The first-order valence-corrected chi connectivity index (χ1v) is 8.81. The van der Waals surface area contributed by atoms with Gasteiger partial charge in [0.2, 0.25) is 5.91 Å². The summed E-state index contributed by atoms with van der Waals surface area (Å²) in [7, 11) is 1.59. The smallest absolute Gasteiger partial charge is 0.251 e. The van der Waals surface area contributed by atoms with Crippen molar-refractivity contribution in [1.82, 2.24) is 10.6 Å². The van der Waals surface area contributed by atoms with E-state index in [1.165, 1.54) is 12.8 Å². The first-order chi connectivity index (χ1) is 11.4. The van der Waals surface area contributed by atoms with Gasteiger partial charge in [-0.3, -0.25) is 9.59 Å². The maximum absolute atomic E-state index is 12.5. The van der Waals surface area contributed by atoms with Crippen LogP contribution in [0.15, 0.2) is 24.3 Å². The summed E-state index contributed by atoms with van der Waals surface area (Å²) in [4.78, 5) is 24.1. The van der Waals surface area contributed by atoms with Crippen LogP contribution < -0.4 is 16.0 Å². The Bertz CT molecular complexity index is 588. The topological polar surface area (TPSA) is 70.2 Å². The molecular weight excluding hydrogens is 302 g/mol. The van der Waals surface area contributed by atoms with Crippen molar-refractivity contribution in [3.8, 4) is 0 Å². The first-order valence-electron chi connectivity index (χ1n) is 8.81. The molecule has 0 spiro atoms. The second-order valence-corrected chi connectivity index (χ2v) is 6.91. The molecule has 0 aromatic heterocycles. The van der Waals surface area contributed by atoms with Crippen LogP contribution in [0.1, 0.15) is 50.4 Å². The third-order valence-corrected chi connectivity index (χ3v) is 5.18. The average Bonchev–Trinajstić information content (AvgIpc) is 2.58. The minimum Gasteiger partial charge on any atom is -0.355 e. The van der Waals surface area contributed by atoms with Crippen molar-refractivity contribution >= 4 is 17.5 Å². The largest absolute Gasteiger partial charge is 0.355 e. The van der Waals surface area contributed by atoms with Crippen molar-refractivity contribution in [3.63, 3.8) is 0 Å². The Labute approximate surface area is 144 Å². The van der Waals surface area contributed by atoms with Crippen LogP contribution in [0.3, 0.4) is 0 Å². The van der Waals surface area contributed by atoms with Crippen LogP contribution in [-0.4, -0.2) is 30.9 Å². The van der Waals surface area contributed by atoms with Crippen LogP contribution in [0.5, 0.6) is 0 Å². The average molecular weight is 331 g/mol. The fourth-order valence-corrected chi connectivity index (χ4v) is 3.35. The molecule has 132 valence electrons. The van der Waals surface area contributed by atoms with E-state index in [1.54, 1.807) is 31.3 Å². The molecule has 0 saturated heterocycles. The lowest BCUT2D eigenvalue weighted by atomic mass is 9.78. The van der Waals surface area contributed by atoms with Crippen LogP contribution in [0.4, 0.5) is 5.69 Å². The van der Waals surface area contributed by atoms with Crippen molar-refractivity contribution < 1.29 is 9.59 Å². The van der Waals surface area contributed by atoms with E-state index in [-0.39, 0.29) is 17.9 Å². The zero-order valence-electron chi connectivity index (χ0n) is 15.1. The maximum atomic E-state index is 12.5. The number of anilines is 1. The van der Waals surface area contributed by atoms with Crippen molar-refractivity contribution in [1.29, 1.82) is 0 Å². The summed E-state index contributed by atoms with van der Waals surface area (Å²) in [5.74, 6) is 1.03. The minimum absolute atomic E-state index is 0.0746. The Hall–Kier alpha value is -1.88. The Balaban J connectivity index is 1.95. The number of benzene rings is 1. The molecule has 0 aliphatic heterocycles. The van der Waals surface area contributed by atoms with Crippen LogP contribution in [0.25, 0.3) is 0 Å². The molecule has 0 heterocycles. The quantitative estimate of drug-likeness (QED) is 0.777. The molecule has 3 N–H and O–H groups in total. The molecule has 1 saturated carbocycles. The monoisotopic (exact) mass is 331 g/mol. The molecule has 2 amide bonds. The van der Waals surface area contributed by atoms with Gasteiger partial charge in [-0.2, -0.15) is 0 Å². The van der Waals surface area contributed by atoms with E-state index in [0.717, 1.165) is 6.42 Å². The van der Waals surface area contributed by atoms with Crippen LogP contribution in [0.2, 0.25) is 0 Å². The summed E-state index contributed by atoms with van der Waals surface area (Å²) < 4.78 is 0. The number of carbonyl (C=O) groups excluding carboxylic acids is 2. The number of carbonyl (C=O) groups is 2. The highest BCUT2D eigenvalue weighted by Gasteiger charge is 2.29. The van der Waals surface area contributed by atoms with Gasteiger partial charge in [0.15, 0.2) is 0 Å². The summed E-state index contributed by atoms with van der Waals surface area (Å²) in [5, 5.41) is 8.96. The number of amides is 2. The molecule has 24 heavy (non-hydrogen) atoms. The SMILES string of the molecule is CNC(=O)c1cccc(NC(=O)[C@H](C)N[C@@H]2CCC[C@H](C)[C@@H]2C)c1. The normalized spacial score (nSPS) is 24.9. The summed E-state index contributed by atoms with van der Waals surface area (Å²) in [6, 6.07) is 7.08. The van der Waals surface area contributed by atoms with E-state index >= 15 is 0 Å². The Morgan fingerprint density at radius 1 is 1.21 bits per heavy atom. The van der Waals surface area contributed by atoms with Gasteiger partial charge >= 0.3 is 0 Å². The predicted molar refractivity (Wildman–Crippen MR) is 97.0 cm³/mol. The zero-order chi connectivity index (χ0) is 17.7. The standard InChI is InChI=1S/C19H29N3O2/c1-12-7-5-10-17(13(12)2)21-14(3)18(23)22-16-9-6-8-15(11-16)19(24)20-4/h6,8-9,11-14,17,21H,5,7,10H2,1-4H3,(H,20,24)(H,22,23)/t12-,13-,14-,17+/m0/s1. The highest BCUT2D eigenvalue weighted by atomic mass is 16.2. The summed E-state index contributed by atoms with van der Waals surface area (Å²) >= 11 is 0. The molecule has 0 radical (unpaired) electrons. The molecule has 1 aromatic carbocycles. The summed E-state index contributed by atoms with van der Waals surface area (Å²) in [6.45, 7) is 6.44. The van der Waals surface area contributed by atoms with E-state index in [4.69, 9.17) is 0 Å². The molecule has 0 unspecified atom stereocenters. The molecule has 5 nitrogen and oxygen atoms in total. The Morgan fingerprint density at radius 2 is 1.96 bits per heavy atom. The Kier molecular flexibility index (Phi) is 6.37. The highest BCUT2D eigenvalue weighted by molar-refractivity contribution is 5.98. The fraction of sp³-hybridized carbons (Fsp3) is 0.579. The number of hydrogen-bond acceptors (Lipinski definition) is 3. The first kappa shape index (κ1) is 18.5. The van der Waals surface area contributed by atoms with Gasteiger partial charge in [0.25, 0.3) is 5.91 Å². The molecule has 1 aromatic rings. The van der Waals surface area contributed by atoms with Crippen LogP contribution in [-0.2, 0) is 4.79 Å². The summed E-state index contributed by atoms with van der Waals surface area (Å²) in [6.07, 6.45) is 3.60. The molecule has 0 bridgehead atoms. The third kappa shape index (κ3) is 4.57. The zero-order valence-corrected chi connectivity index (χ0v) is 15.1. The van der Waals surface area contributed by atoms with Gasteiger partial charge in [0.05, 0.1) is 6.04 Å². The highest BCUT2D eigenvalue weighted by Crippen LogP contribution is 2.29. The van der Waals surface area contributed by atoms with Gasteiger partial charge in [0, 0.05) is 24.3 Å². The predicted octanol–water partition coefficient (Wildman–Crippen LogP) is 2.79. The lowest BCUT2D eigenvalue weighted by Crippen LogP contribution is -2.49. The lowest BCUT2D eigenvalue weighted by Gasteiger charge is -2.36. The number of nitrogens with one attached hydrogen (secondary N) is 3. The maximum Gasteiger partial charge on any atom is 0.251 e. The fourth-order valence-electron chi connectivity index (χ4n) is 3.35. The summed E-state index contributed by atoms with van der Waals surface area (Å²) in [5.41, 5.74) is 1.17. The van der Waals surface area contributed by atoms with Gasteiger partial charge in [-0.15, -0.1) is 0 Å². The van der Waals surface area contributed by atoms with E-state index in [1.807, 2.05) is 6.92 Å². The van der Waals surface area contributed by atoms with Gasteiger partial charge < -0.3 is 16.0 Å². The van der Waals surface area contributed by atoms with Gasteiger partial charge in [-0.25, -0.2) is 0 Å². The molecule has 1 aliphatic carbocycles. The van der Waals surface area contributed by atoms with Crippen LogP contribution in [0, 0.1) is 11.8 Å². The minimum atomic E-state index is -0.272. The molecular formula is C19H29N3O2. The van der Waals surface area contributed by atoms with E-state index in [0.29, 0.717) is 29.1 Å². The molecule has 1 fully saturated rings. The second kappa shape index (κ2) is 8.29. The third-order valence-electron chi connectivity index (χ3n) is 5.18. The van der Waals surface area contributed by atoms with Gasteiger partial charge in [0.1, 0.15) is 0 Å². The second-order valence-electron chi connectivity index (χ2n) is 6.91. The molecule has 4 atom stereocenters.